The molecular weight excluding hydrogens is 443 g/mol. The molecule has 1 amide bonds. The van der Waals surface area contributed by atoms with Crippen LogP contribution in [0.3, 0.4) is 0 Å². The highest BCUT2D eigenvalue weighted by molar-refractivity contribution is 7.99. The van der Waals surface area contributed by atoms with Crippen LogP contribution in [0, 0.1) is 5.82 Å². The summed E-state index contributed by atoms with van der Waals surface area (Å²) in [5, 5.41) is 11.2. The maximum absolute atomic E-state index is 12.9. The van der Waals surface area contributed by atoms with Gasteiger partial charge in [-0.25, -0.2) is 14.1 Å². The zero-order valence-electron chi connectivity index (χ0n) is 16.0. The van der Waals surface area contributed by atoms with Crippen LogP contribution in [0.25, 0.3) is 11.2 Å². The number of nitrogens with one attached hydrogen (secondary N) is 2. The number of halogens is 2. The quantitative estimate of drug-likeness (QED) is 0.440. The Morgan fingerprint density at radius 1 is 1.19 bits per heavy atom. The molecule has 11 heteroatoms. The number of carbonyl (C=O) groups is 1. The van der Waals surface area contributed by atoms with Gasteiger partial charge in [0.25, 0.3) is 5.56 Å². The van der Waals surface area contributed by atoms with Crippen LogP contribution < -0.4 is 10.9 Å². The SMILES string of the molecule is O=C(CSCc1nc2c(nnn2Cc2ccccc2Cl)c(=O)[nH]1)Nc1ccc(F)cc1. The summed E-state index contributed by atoms with van der Waals surface area (Å²) in [4.78, 5) is 31.5. The molecule has 31 heavy (non-hydrogen) atoms. The van der Waals surface area contributed by atoms with E-state index in [9.17, 15) is 14.0 Å². The molecule has 2 aromatic carbocycles. The second-order valence-corrected chi connectivity index (χ2v) is 7.96. The molecule has 2 heterocycles. The molecular formula is C20H16ClFN6O2S. The Morgan fingerprint density at radius 2 is 1.97 bits per heavy atom. The summed E-state index contributed by atoms with van der Waals surface area (Å²) in [5.74, 6) is 0.224. The van der Waals surface area contributed by atoms with Gasteiger partial charge in [-0.3, -0.25) is 9.59 Å². The number of anilines is 1. The van der Waals surface area contributed by atoms with Crippen molar-refractivity contribution in [1.82, 2.24) is 25.0 Å². The van der Waals surface area contributed by atoms with E-state index >= 15 is 0 Å². The van der Waals surface area contributed by atoms with Crippen molar-refractivity contribution in [1.29, 1.82) is 0 Å². The van der Waals surface area contributed by atoms with Gasteiger partial charge in [0.1, 0.15) is 11.6 Å². The molecule has 0 unspecified atom stereocenters. The minimum atomic E-state index is -0.401. The Bertz CT molecular complexity index is 1290. The predicted molar refractivity (Wildman–Crippen MR) is 118 cm³/mol. The van der Waals surface area contributed by atoms with Crippen LogP contribution in [0.1, 0.15) is 11.4 Å². The van der Waals surface area contributed by atoms with Gasteiger partial charge in [-0.2, -0.15) is 0 Å². The molecule has 0 aliphatic rings. The summed E-state index contributed by atoms with van der Waals surface area (Å²) >= 11 is 7.49. The highest BCUT2D eigenvalue weighted by Crippen LogP contribution is 2.18. The van der Waals surface area contributed by atoms with Crippen molar-refractivity contribution in [2.75, 3.05) is 11.1 Å². The molecule has 0 bridgehead atoms. The van der Waals surface area contributed by atoms with Gasteiger partial charge in [0, 0.05) is 10.7 Å². The number of benzene rings is 2. The zero-order chi connectivity index (χ0) is 21.8. The van der Waals surface area contributed by atoms with E-state index in [0.717, 1.165) is 5.56 Å². The maximum atomic E-state index is 12.9. The number of amides is 1. The van der Waals surface area contributed by atoms with E-state index in [0.29, 0.717) is 34.5 Å². The van der Waals surface area contributed by atoms with Crippen molar-refractivity contribution in [2.24, 2.45) is 0 Å². The molecule has 158 valence electrons. The first-order valence-electron chi connectivity index (χ1n) is 9.18. The van der Waals surface area contributed by atoms with Crippen LogP contribution >= 0.6 is 23.4 Å². The average Bonchev–Trinajstić information content (AvgIpc) is 3.15. The highest BCUT2D eigenvalue weighted by atomic mass is 35.5. The third kappa shape index (κ3) is 5.09. The van der Waals surface area contributed by atoms with Gasteiger partial charge in [0.05, 0.1) is 18.1 Å². The molecule has 0 radical (unpaired) electrons. The van der Waals surface area contributed by atoms with Gasteiger partial charge in [0.2, 0.25) is 5.91 Å². The van der Waals surface area contributed by atoms with Crippen LogP contribution in [-0.2, 0) is 17.1 Å². The summed E-state index contributed by atoms with van der Waals surface area (Å²) in [5.41, 5.74) is 1.41. The Kier molecular flexibility index (Phi) is 6.28. The van der Waals surface area contributed by atoms with Crippen molar-refractivity contribution in [3.05, 3.63) is 81.1 Å². The largest absolute Gasteiger partial charge is 0.325 e. The van der Waals surface area contributed by atoms with Gasteiger partial charge < -0.3 is 10.3 Å². The lowest BCUT2D eigenvalue weighted by atomic mass is 10.2. The minimum Gasteiger partial charge on any atom is -0.325 e. The van der Waals surface area contributed by atoms with Gasteiger partial charge in [0.15, 0.2) is 11.2 Å². The number of carbonyl (C=O) groups excluding carboxylic acids is 1. The maximum Gasteiger partial charge on any atom is 0.281 e. The van der Waals surface area contributed by atoms with Crippen LogP contribution in [0.5, 0.6) is 0 Å². The highest BCUT2D eigenvalue weighted by Gasteiger charge is 2.14. The number of aromatic amines is 1. The molecule has 0 spiro atoms. The van der Waals surface area contributed by atoms with Crippen molar-refractivity contribution < 1.29 is 9.18 Å². The van der Waals surface area contributed by atoms with Crippen molar-refractivity contribution >= 4 is 46.1 Å². The second-order valence-electron chi connectivity index (χ2n) is 6.57. The first kappa shape index (κ1) is 21.0. The normalized spacial score (nSPS) is 11.0. The summed E-state index contributed by atoms with van der Waals surface area (Å²) in [6.07, 6.45) is 0. The van der Waals surface area contributed by atoms with E-state index in [1.807, 2.05) is 18.2 Å². The second kappa shape index (κ2) is 9.27. The predicted octanol–water partition coefficient (Wildman–Crippen LogP) is 3.23. The molecule has 0 aliphatic heterocycles. The van der Waals surface area contributed by atoms with E-state index in [2.05, 4.69) is 25.6 Å². The van der Waals surface area contributed by atoms with Crippen molar-refractivity contribution in [3.8, 4) is 0 Å². The number of nitrogens with zero attached hydrogens (tertiary/aromatic N) is 4. The molecule has 0 saturated carbocycles. The molecule has 0 atom stereocenters. The standard InChI is InChI=1S/C20H16ClFN6O2S/c21-15-4-2-1-3-12(15)9-28-19-18(26-27-28)20(30)25-16(24-19)10-31-11-17(29)23-14-7-5-13(22)6-8-14/h1-8H,9-11H2,(H,23,29)(H,24,25,30). The Morgan fingerprint density at radius 3 is 2.74 bits per heavy atom. The molecule has 2 aromatic heterocycles. The fourth-order valence-electron chi connectivity index (χ4n) is 2.85. The number of rotatable bonds is 7. The number of hydrogen-bond acceptors (Lipinski definition) is 6. The van der Waals surface area contributed by atoms with Crippen LogP contribution in [-0.4, -0.2) is 36.6 Å². The molecule has 2 N–H and O–H groups in total. The monoisotopic (exact) mass is 458 g/mol. The van der Waals surface area contributed by atoms with Crippen LogP contribution in [0.15, 0.2) is 53.3 Å². The number of fused-ring (bicyclic) bond motifs is 1. The third-order valence-electron chi connectivity index (χ3n) is 4.30. The van der Waals surface area contributed by atoms with Gasteiger partial charge in [-0.15, -0.1) is 16.9 Å². The Hall–Kier alpha value is -3.24. The Labute approximate surface area is 184 Å². The lowest BCUT2D eigenvalue weighted by Crippen LogP contribution is -2.16. The molecule has 0 saturated heterocycles. The smallest absolute Gasteiger partial charge is 0.281 e. The van der Waals surface area contributed by atoms with E-state index in [1.54, 1.807) is 6.07 Å². The summed E-state index contributed by atoms with van der Waals surface area (Å²) in [6, 6.07) is 12.8. The number of aromatic nitrogens is 5. The zero-order valence-corrected chi connectivity index (χ0v) is 17.6. The topological polar surface area (TPSA) is 106 Å². The number of thioether (sulfide) groups is 1. The van der Waals surface area contributed by atoms with Crippen LogP contribution in [0.2, 0.25) is 5.02 Å². The number of H-pyrrole nitrogens is 1. The minimum absolute atomic E-state index is 0.134. The first-order valence-corrected chi connectivity index (χ1v) is 10.7. The van der Waals surface area contributed by atoms with E-state index in [4.69, 9.17) is 11.6 Å². The lowest BCUT2D eigenvalue weighted by Gasteiger charge is -2.06. The van der Waals surface area contributed by atoms with E-state index in [-0.39, 0.29) is 23.0 Å². The van der Waals surface area contributed by atoms with Gasteiger partial charge >= 0.3 is 0 Å². The summed E-state index contributed by atoms with van der Waals surface area (Å²) in [6.45, 7) is 0.319. The number of hydrogen-bond donors (Lipinski definition) is 2. The lowest BCUT2D eigenvalue weighted by molar-refractivity contribution is -0.113. The van der Waals surface area contributed by atoms with Crippen molar-refractivity contribution in [3.63, 3.8) is 0 Å². The summed E-state index contributed by atoms with van der Waals surface area (Å²) < 4.78 is 14.5. The molecule has 8 nitrogen and oxygen atoms in total. The molecule has 4 rings (SSSR count). The van der Waals surface area contributed by atoms with Crippen molar-refractivity contribution in [2.45, 2.75) is 12.3 Å². The molecule has 0 fully saturated rings. The van der Waals surface area contributed by atoms with E-state index in [1.165, 1.54) is 40.7 Å². The fourth-order valence-corrected chi connectivity index (χ4v) is 3.73. The fraction of sp³-hybridized carbons (Fsp3) is 0.150. The third-order valence-corrected chi connectivity index (χ3v) is 5.61. The molecule has 0 aliphatic carbocycles. The summed E-state index contributed by atoms with van der Waals surface area (Å²) in [7, 11) is 0. The average molecular weight is 459 g/mol. The van der Waals surface area contributed by atoms with Gasteiger partial charge in [-0.05, 0) is 35.9 Å². The van der Waals surface area contributed by atoms with E-state index < -0.39 is 5.56 Å². The van der Waals surface area contributed by atoms with Gasteiger partial charge in [-0.1, -0.05) is 35.0 Å². The first-order chi connectivity index (χ1) is 15.0. The molecule has 4 aromatic rings. The van der Waals surface area contributed by atoms with Crippen LogP contribution in [0.4, 0.5) is 10.1 Å². The Balaban J connectivity index is 1.43.